The highest BCUT2D eigenvalue weighted by molar-refractivity contribution is 5.85. The van der Waals surface area contributed by atoms with Gasteiger partial charge in [0, 0.05) is 12.0 Å². The van der Waals surface area contributed by atoms with Gasteiger partial charge in [-0.3, -0.25) is 0 Å². The zero-order chi connectivity index (χ0) is 13.0. The molecule has 0 aliphatic carbocycles. The van der Waals surface area contributed by atoms with Crippen molar-refractivity contribution in [2.75, 3.05) is 0 Å². The first-order valence-corrected chi connectivity index (χ1v) is 6.23. The Morgan fingerprint density at radius 3 is 2.00 bits per heavy atom. The Labute approximate surface area is 120 Å². The van der Waals surface area contributed by atoms with E-state index in [1.807, 2.05) is 37.3 Å². The summed E-state index contributed by atoms with van der Waals surface area (Å²) < 4.78 is 13.0. The number of rotatable bonds is 4. The second-order valence-electron chi connectivity index (χ2n) is 4.73. The maximum Gasteiger partial charge on any atom is 0.123 e. The van der Waals surface area contributed by atoms with Crippen LogP contribution in [0, 0.1) is 5.82 Å². The number of hydrogen-bond acceptors (Lipinski definition) is 1. The summed E-state index contributed by atoms with van der Waals surface area (Å²) in [5, 5.41) is 0. The number of benzene rings is 2. The molecule has 2 aromatic carbocycles. The van der Waals surface area contributed by atoms with E-state index < -0.39 is 0 Å². The molecule has 0 aliphatic rings. The molecule has 2 atom stereocenters. The molecule has 0 saturated carbocycles. The van der Waals surface area contributed by atoms with Crippen LogP contribution in [-0.2, 0) is 0 Å². The van der Waals surface area contributed by atoms with Gasteiger partial charge in [-0.05, 0) is 36.6 Å². The second kappa shape index (κ2) is 7.27. The maximum absolute atomic E-state index is 13.0. The van der Waals surface area contributed by atoms with Crippen LogP contribution < -0.4 is 5.73 Å². The van der Waals surface area contributed by atoms with Gasteiger partial charge in [0.1, 0.15) is 5.82 Å². The van der Waals surface area contributed by atoms with E-state index in [-0.39, 0.29) is 30.2 Å². The van der Waals surface area contributed by atoms with Crippen LogP contribution in [0.25, 0.3) is 0 Å². The molecule has 102 valence electrons. The lowest BCUT2D eigenvalue weighted by Gasteiger charge is -2.20. The SMILES string of the molecule is C[C@H](N)CC(c1ccccc1)c1ccc(F)cc1.Cl. The van der Waals surface area contributed by atoms with E-state index in [9.17, 15) is 4.39 Å². The first-order valence-electron chi connectivity index (χ1n) is 6.23. The lowest BCUT2D eigenvalue weighted by atomic mass is 9.86. The van der Waals surface area contributed by atoms with Crippen molar-refractivity contribution in [1.29, 1.82) is 0 Å². The fraction of sp³-hybridized carbons (Fsp3) is 0.250. The van der Waals surface area contributed by atoms with Crippen molar-refractivity contribution in [3.05, 3.63) is 71.5 Å². The zero-order valence-electron chi connectivity index (χ0n) is 10.9. The van der Waals surface area contributed by atoms with Crippen molar-refractivity contribution >= 4 is 12.4 Å². The average Bonchev–Trinajstić information content (AvgIpc) is 2.38. The van der Waals surface area contributed by atoms with Gasteiger partial charge in [0.05, 0.1) is 0 Å². The molecule has 0 amide bonds. The zero-order valence-corrected chi connectivity index (χ0v) is 11.7. The highest BCUT2D eigenvalue weighted by atomic mass is 35.5. The van der Waals surface area contributed by atoms with Gasteiger partial charge in [-0.1, -0.05) is 42.5 Å². The quantitative estimate of drug-likeness (QED) is 0.895. The number of nitrogens with two attached hydrogens (primary N) is 1. The van der Waals surface area contributed by atoms with E-state index in [4.69, 9.17) is 5.73 Å². The Kier molecular flexibility index (Phi) is 6.00. The lowest BCUT2D eigenvalue weighted by Crippen LogP contribution is -2.19. The van der Waals surface area contributed by atoms with E-state index in [2.05, 4.69) is 12.1 Å². The molecule has 2 rings (SSSR count). The predicted octanol–water partition coefficient (Wildman–Crippen LogP) is 4.12. The van der Waals surface area contributed by atoms with Crippen LogP contribution in [0.1, 0.15) is 30.4 Å². The fourth-order valence-electron chi connectivity index (χ4n) is 2.22. The molecule has 1 nitrogen and oxygen atoms in total. The minimum atomic E-state index is -0.202. The van der Waals surface area contributed by atoms with Gasteiger partial charge in [0.15, 0.2) is 0 Å². The number of halogens is 2. The van der Waals surface area contributed by atoms with E-state index in [1.54, 1.807) is 0 Å². The summed E-state index contributed by atoms with van der Waals surface area (Å²) in [5.41, 5.74) is 8.26. The molecule has 2 N–H and O–H groups in total. The van der Waals surface area contributed by atoms with Crippen LogP contribution in [-0.4, -0.2) is 6.04 Å². The number of hydrogen-bond donors (Lipinski definition) is 1. The highest BCUT2D eigenvalue weighted by Crippen LogP contribution is 2.28. The average molecular weight is 280 g/mol. The minimum Gasteiger partial charge on any atom is -0.328 e. The molecule has 1 unspecified atom stereocenters. The molecule has 0 spiro atoms. The van der Waals surface area contributed by atoms with Gasteiger partial charge >= 0.3 is 0 Å². The van der Waals surface area contributed by atoms with E-state index in [0.29, 0.717) is 0 Å². The topological polar surface area (TPSA) is 26.0 Å². The molecule has 0 aliphatic heterocycles. The normalized spacial score (nSPS) is 13.4. The Morgan fingerprint density at radius 1 is 0.947 bits per heavy atom. The molecule has 0 fully saturated rings. The molecule has 3 heteroatoms. The molecule has 0 aromatic heterocycles. The lowest BCUT2D eigenvalue weighted by molar-refractivity contribution is 0.602. The van der Waals surface area contributed by atoms with Gasteiger partial charge in [-0.15, -0.1) is 12.4 Å². The van der Waals surface area contributed by atoms with Crippen molar-refractivity contribution in [2.24, 2.45) is 5.73 Å². The van der Waals surface area contributed by atoms with Gasteiger partial charge in [0.25, 0.3) is 0 Å². The minimum absolute atomic E-state index is 0. The molecule has 19 heavy (non-hydrogen) atoms. The summed E-state index contributed by atoms with van der Waals surface area (Å²) in [5.74, 6) is 0.0261. The van der Waals surface area contributed by atoms with Crippen LogP contribution in [0.2, 0.25) is 0 Å². The summed E-state index contributed by atoms with van der Waals surface area (Å²) >= 11 is 0. The smallest absolute Gasteiger partial charge is 0.123 e. The molecule has 0 radical (unpaired) electrons. The van der Waals surface area contributed by atoms with Crippen LogP contribution in [0.4, 0.5) is 4.39 Å². The predicted molar refractivity (Wildman–Crippen MR) is 80.2 cm³/mol. The molecule has 0 saturated heterocycles. The van der Waals surface area contributed by atoms with Gasteiger partial charge in [-0.25, -0.2) is 4.39 Å². The Bertz CT molecular complexity index is 482. The van der Waals surface area contributed by atoms with Crippen molar-refractivity contribution in [3.8, 4) is 0 Å². The third-order valence-corrected chi connectivity index (χ3v) is 3.08. The van der Waals surface area contributed by atoms with Crippen molar-refractivity contribution in [3.63, 3.8) is 0 Å². The van der Waals surface area contributed by atoms with Crippen LogP contribution >= 0.6 is 12.4 Å². The van der Waals surface area contributed by atoms with Crippen LogP contribution in [0.3, 0.4) is 0 Å². The van der Waals surface area contributed by atoms with E-state index in [0.717, 1.165) is 12.0 Å². The maximum atomic E-state index is 13.0. The largest absolute Gasteiger partial charge is 0.328 e. The third-order valence-electron chi connectivity index (χ3n) is 3.08. The molecular formula is C16H19ClFN. The molecule has 2 aromatic rings. The molecular weight excluding hydrogens is 261 g/mol. The third kappa shape index (κ3) is 4.34. The van der Waals surface area contributed by atoms with Gasteiger partial charge in [-0.2, -0.15) is 0 Å². The van der Waals surface area contributed by atoms with Gasteiger partial charge in [0.2, 0.25) is 0 Å². The van der Waals surface area contributed by atoms with E-state index >= 15 is 0 Å². The van der Waals surface area contributed by atoms with Crippen molar-refractivity contribution in [2.45, 2.75) is 25.3 Å². The fourth-order valence-corrected chi connectivity index (χ4v) is 2.22. The van der Waals surface area contributed by atoms with Gasteiger partial charge < -0.3 is 5.73 Å². The summed E-state index contributed by atoms with van der Waals surface area (Å²) in [4.78, 5) is 0. The Hall–Kier alpha value is -1.38. The van der Waals surface area contributed by atoms with Crippen molar-refractivity contribution < 1.29 is 4.39 Å². The van der Waals surface area contributed by atoms with Crippen LogP contribution in [0.5, 0.6) is 0 Å². The summed E-state index contributed by atoms with van der Waals surface area (Å²) in [6, 6.07) is 17.0. The standard InChI is InChI=1S/C16H18FN.ClH/c1-12(18)11-16(13-5-3-2-4-6-13)14-7-9-15(17)10-8-14;/h2-10,12,16H,11,18H2,1H3;1H/t12-,16?;/m0./s1. The second-order valence-corrected chi connectivity index (χ2v) is 4.73. The summed E-state index contributed by atoms with van der Waals surface area (Å²) in [7, 11) is 0. The first kappa shape index (κ1) is 15.7. The Balaban J connectivity index is 0.00000180. The van der Waals surface area contributed by atoms with Crippen molar-refractivity contribution in [1.82, 2.24) is 0 Å². The summed E-state index contributed by atoms with van der Waals surface area (Å²) in [6.07, 6.45) is 0.857. The van der Waals surface area contributed by atoms with Crippen LogP contribution in [0.15, 0.2) is 54.6 Å². The van der Waals surface area contributed by atoms with E-state index in [1.165, 1.54) is 17.7 Å². The first-order chi connectivity index (χ1) is 8.66. The molecule has 0 heterocycles. The monoisotopic (exact) mass is 279 g/mol. The summed E-state index contributed by atoms with van der Waals surface area (Å²) in [6.45, 7) is 2.00. The highest BCUT2D eigenvalue weighted by Gasteiger charge is 2.15. The molecule has 0 bridgehead atoms. The Morgan fingerprint density at radius 2 is 1.47 bits per heavy atom.